The van der Waals surface area contributed by atoms with Gasteiger partial charge < -0.3 is 14.5 Å². The van der Waals surface area contributed by atoms with Crippen LogP contribution in [0.2, 0.25) is 0 Å². The summed E-state index contributed by atoms with van der Waals surface area (Å²) in [6.45, 7) is 1.75. The zero-order chi connectivity index (χ0) is 23.1. The van der Waals surface area contributed by atoms with E-state index in [9.17, 15) is 24.1 Å². The van der Waals surface area contributed by atoms with Gasteiger partial charge in [-0.15, -0.1) is 0 Å². The van der Waals surface area contributed by atoms with Crippen molar-refractivity contribution >= 4 is 35.5 Å². The van der Waals surface area contributed by atoms with Crippen molar-refractivity contribution in [1.82, 2.24) is 10.9 Å². The van der Waals surface area contributed by atoms with Crippen LogP contribution < -0.4 is 26.6 Å². The second-order valence-electron chi connectivity index (χ2n) is 7.03. The lowest BCUT2D eigenvalue weighted by Gasteiger charge is -2.27. The first kappa shape index (κ1) is 23.0. The number of amides is 2. The van der Waals surface area contributed by atoms with Crippen LogP contribution in [0.25, 0.3) is 0 Å². The Bertz CT molecular complexity index is 1120. The Morgan fingerprint density at radius 3 is 1.72 bits per heavy atom. The number of hydrogen-bond donors (Lipinski definition) is 2. The summed E-state index contributed by atoms with van der Waals surface area (Å²) in [6.07, 6.45) is 0.248. The van der Waals surface area contributed by atoms with E-state index >= 15 is 0 Å². The van der Waals surface area contributed by atoms with Gasteiger partial charge in [0.05, 0.1) is 11.5 Å². The van der Waals surface area contributed by atoms with Crippen molar-refractivity contribution in [2.24, 2.45) is 0 Å². The van der Waals surface area contributed by atoms with Crippen LogP contribution in [0.4, 0.5) is 0 Å². The number of hydrogen-bond acceptors (Lipinski definition) is 5. The van der Waals surface area contributed by atoms with Crippen molar-refractivity contribution in [3.63, 3.8) is 0 Å². The monoisotopic (exact) mass is 449 g/mol. The Morgan fingerprint density at radius 2 is 1.25 bits per heavy atom. The highest BCUT2D eigenvalue weighted by molar-refractivity contribution is 7.80. The zero-order valence-corrected chi connectivity index (χ0v) is 18.3. The highest BCUT2D eigenvalue weighted by Crippen LogP contribution is 2.49. The van der Waals surface area contributed by atoms with Crippen molar-refractivity contribution in [1.29, 1.82) is 0 Å². The molecule has 0 bridgehead atoms. The van der Waals surface area contributed by atoms with Gasteiger partial charge in [0.25, 0.3) is 5.91 Å². The van der Waals surface area contributed by atoms with E-state index < -0.39 is 30.6 Å². The van der Waals surface area contributed by atoms with Crippen LogP contribution in [0.5, 0.6) is 0 Å². The van der Waals surface area contributed by atoms with Gasteiger partial charge in [-0.25, -0.2) is 0 Å². The van der Waals surface area contributed by atoms with Gasteiger partial charge in [0.1, 0.15) is 5.66 Å². The summed E-state index contributed by atoms with van der Waals surface area (Å²) in [6, 6.07) is 23.0. The minimum absolute atomic E-state index is 0.157. The maximum atomic E-state index is 14.4. The molecular formula is C24H22N2O5P-. The molecule has 0 saturated heterocycles. The third-order valence-electron chi connectivity index (χ3n) is 5.10. The van der Waals surface area contributed by atoms with E-state index in [1.165, 1.54) is 24.3 Å². The van der Waals surface area contributed by atoms with Crippen molar-refractivity contribution in [3.05, 3.63) is 96.1 Å². The Morgan fingerprint density at radius 1 is 0.781 bits per heavy atom. The normalized spacial score (nSPS) is 11.9. The third kappa shape index (κ3) is 4.63. The topological polar surface area (TPSA) is 115 Å². The first-order valence-corrected chi connectivity index (χ1v) is 11.8. The fourth-order valence-corrected chi connectivity index (χ4v) is 6.70. The molecule has 3 rings (SSSR count). The number of benzene rings is 3. The molecule has 8 heteroatoms. The SMILES string of the molecule is CC[C@H](C(=O)NNC(=O)c1ccccc1C(=O)[O-])P(=O)(c1ccccc1)c1ccccc1. The van der Waals surface area contributed by atoms with E-state index in [1.807, 2.05) is 0 Å². The zero-order valence-electron chi connectivity index (χ0n) is 17.4. The smallest absolute Gasteiger partial charge is 0.270 e. The third-order valence-corrected chi connectivity index (χ3v) is 8.71. The maximum Gasteiger partial charge on any atom is 0.270 e. The van der Waals surface area contributed by atoms with Gasteiger partial charge in [-0.3, -0.25) is 20.4 Å². The molecule has 3 aromatic carbocycles. The number of carbonyl (C=O) groups is 3. The highest BCUT2D eigenvalue weighted by atomic mass is 31.2. The summed E-state index contributed by atoms with van der Waals surface area (Å²) < 4.78 is 14.4. The second kappa shape index (κ2) is 10.1. The van der Waals surface area contributed by atoms with Crippen LogP contribution in [0, 0.1) is 0 Å². The van der Waals surface area contributed by atoms with Gasteiger partial charge in [0, 0.05) is 16.2 Å². The van der Waals surface area contributed by atoms with Crippen LogP contribution in [0.15, 0.2) is 84.9 Å². The van der Waals surface area contributed by atoms with Crippen molar-refractivity contribution < 1.29 is 24.1 Å². The van der Waals surface area contributed by atoms with Crippen LogP contribution in [0.3, 0.4) is 0 Å². The van der Waals surface area contributed by atoms with Crippen LogP contribution in [-0.2, 0) is 9.36 Å². The predicted octanol–water partition coefficient (Wildman–Crippen LogP) is 1.60. The van der Waals surface area contributed by atoms with Crippen LogP contribution in [0.1, 0.15) is 34.1 Å². The molecule has 0 saturated carbocycles. The molecule has 164 valence electrons. The Hall–Kier alpha value is -3.70. The number of aromatic carboxylic acids is 1. The predicted molar refractivity (Wildman–Crippen MR) is 120 cm³/mol. The minimum Gasteiger partial charge on any atom is -0.545 e. The molecule has 0 aliphatic carbocycles. The first-order chi connectivity index (χ1) is 15.4. The number of carboxylic acids is 1. The molecule has 0 aromatic heterocycles. The molecule has 32 heavy (non-hydrogen) atoms. The highest BCUT2D eigenvalue weighted by Gasteiger charge is 2.40. The molecule has 1 atom stereocenters. The average molecular weight is 449 g/mol. The molecule has 0 radical (unpaired) electrons. The summed E-state index contributed by atoms with van der Waals surface area (Å²) in [5, 5.41) is 12.3. The average Bonchev–Trinajstić information content (AvgIpc) is 2.83. The van der Waals surface area contributed by atoms with Gasteiger partial charge in [0.15, 0.2) is 7.14 Å². The second-order valence-corrected chi connectivity index (χ2v) is 10.0. The molecule has 0 fully saturated rings. The summed E-state index contributed by atoms with van der Waals surface area (Å²) >= 11 is 0. The van der Waals surface area contributed by atoms with Gasteiger partial charge in [-0.05, 0) is 12.5 Å². The fraction of sp³-hybridized carbons (Fsp3) is 0.125. The van der Waals surface area contributed by atoms with E-state index in [0.29, 0.717) is 10.6 Å². The van der Waals surface area contributed by atoms with E-state index in [2.05, 4.69) is 10.9 Å². The molecule has 7 nitrogen and oxygen atoms in total. The first-order valence-electron chi connectivity index (χ1n) is 10.0. The fourth-order valence-electron chi connectivity index (χ4n) is 3.54. The molecule has 3 aromatic rings. The molecule has 0 aliphatic rings. The molecule has 2 N–H and O–H groups in total. The molecular weight excluding hydrogens is 427 g/mol. The van der Waals surface area contributed by atoms with E-state index in [0.717, 1.165) is 0 Å². The standard InChI is InChI=1S/C24H23N2O5P/c1-2-21(23(28)26-25-22(27)19-15-9-10-16-20(19)24(29)30)32(31,17-11-5-3-6-12-17)18-13-7-4-8-14-18/h3-16,21H,2H2,1H3,(H,25,27)(H,26,28)(H,29,30)/p-1/t21-/m1/s1. The van der Waals surface area contributed by atoms with Crippen molar-refractivity contribution in [3.8, 4) is 0 Å². The molecule has 0 heterocycles. The Balaban J connectivity index is 1.89. The number of carbonyl (C=O) groups excluding carboxylic acids is 3. The van der Waals surface area contributed by atoms with E-state index in [-0.39, 0.29) is 17.5 Å². The van der Waals surface area contributed by atoms with Crippen molar-refractivity contribution in [2.45, 2.75) is 19.0 Å². The number of hydrazine groups is 1. The van der Waals surface area contributed by atoms with Gasteiger partial charge in [-0.2, -0.15) is 0 Å². The Labute approximate surface area is 185 Å². The summed E-state index contributed by atoms with van der Waals surface area (Å²) in [5.74, 6) is -2.96. The summed E-state index contributed by atoms with van der Waals surface area (Å²) in [7, 11) is -3.41. The van der Waals surface area contributed by atoms with Crippen LogP contribution >= 0.6 is 7.14 Å². The van der Waals surface area contributed by atoms with Crippen molar-refractivity contribution in [2.75, 3.05) is 0 Å². The van der Waals surface area contributed by atoms with Gasteiger partial charge >= 0.3 is 0 Å². The maximum absolute atomic E-state index is 14.4. The molecule has 0 spiro atoms. The Kier molecular flexibility index (Phi) is 7.23. The molecule has 2 amide bonds. The van der Waals surface area contributed by atoms with E-state index in [1.54, 1.807) is 67.6 Å². The van der Waals surface area contributed by atoms with Gasteiger partial charge in [0.2, 0.25) is 5.91 Å². The van der Waals surface area contributed by atoms with Gasteiger partial charge in [-0.1, -0.05) is 85.8 Å². The lowest BCUT2D eigenvalue weighted by Crippen LogP contribution is -2.48. The number of nitrogens with one attached hydrogen (secondary N) is 2. The summed E-state index contributed by atoms with van der Waals surface area (Å²) in [5.41, 5.74) is 3.14. The molecule has 0 aliphatic heterocycles. The van der Waals surface area contributed by atoms with Crippen LogP contribution in [-0.4, -0.2) is 23.4 Å². The molecule has 0 unspecified atom stereocenters. The van der Waals surface area contributed by atoms with E-state index in [4.69, 9.17) is 0 Å². The minimum atomic E-state index is -3.41. The lowest BCUT2D eigenvalue weighted by molar-refractivity contribution is -0.255. The quantitative estimate of drug-likeness (QED) is 0.420. The largest absolute Gasteiger partial charge is 0.545 e. The number of rotatable bonds is 7. The summed E-state index contributed by atoms with van der Waals surface area (Å²) in [4.78, 5) is 36.8. The number of carboxylic acid groups (broad SMARTS) is 1. The lowest BCUT2D eigenvalue weighted by atomic mass is 10.1.